The van der Waals surface area contributed by atoms with Crippen LogP contribution in [0.1, 0.15) is 36.7 Å². The van der Waals surface area contributed by atoms with Crippen molar-refractivity contribution in [2.45, 2.75) is 33.1 Å². The van der Waals surface area contributed by atoms with E-state index < -0.39 is 0 Å². The molecule has 0 atom stereocenters. The fourth-order valence-corrected chi connectivity index (χ4v) is 2.81. The molecule has 0 radical (unpaired) electrons. The highest BCUT2D eigenvalue weighted by Gasteiger charge is 2.16. The van der Waals surface area contributed by atoms with Crippen LogP contribution in [-0.4, -0.2) is 16.1 Å². The molecule has 1 heterocycles. The number of hydrogen-bond acceptors (Lipinski definition) is 2. The summed E-state index contributed by atoms with van der Waals surface area (Å²) in [4.78, 5) is 4.77. The van der Waals surface area contributed by atoms with Crippen LogP contribution in [0.5, 0.6) is 0 Å². The number of benzene rings is 1. The first kappa shape index (κ1) is 15.3. The number of imidazole rings is 1. The lowest BCUT2D eigenvalue weighted by molar-refractivity contribution is 0.767. The molecular formula is C16H22BrN3. The zero-order chi connectivity index (χ0) is 14.9. The summed E-state index contributed by atoms with van der Waals surface area (Å²) in [6.07, 6.45) is 0.790. The van der Waals surface area contributed by atoms with Gasteiger partial charge in [-0.2, -0.15) is 0 Å². The highest BCUT2D eigenvalue weighted by atomic mass is 79.9. The fourth-order valence-electron chi connectivity index (χ4n) is 2.30. The van der Waals surface area contributed by atoms with Gasteiger partial charge in [-0.1, -0.05) is 26.0 Å². The van der Waals surface area contributed by atoms with Gasteiger partial charge in [0, 0.05) is 19.0 Å². The highest BCUT2D eigenvalue weighted by Crippen LogP contribution is 2.32. The first-order valence-corrected chi connectivity index (χ1v) is 7.77. The summed E-state index contributed by atoms with van der Waals surface area (Å²) in [5, 5.41) is 0. The van der Waals surface area contributed by atoms with Crippen LogP contribution in [0.15, 0.2) is 22.8 Å². The molecule has 4 heteroatoms. The van der Waals surface area contributed by atoms with Crippen molar-refractivity contribution >= 4 is 15.9 Å². The third kappa shape index (κ3) is 2.81. The maximum absolute atomic E-state index is 5.65. The van der Waals surface area contributed by atoms with Crippen LogP contribution >= 0.6 is 15.9 Å². The lowest BCUT2D eigenvalue weighted by atomic mass is 9.96. The zero-order valence-corrected chi connectivity index (χ0v) is 14.2. The van der Waals surface area contributed by atoms with Crippen molar-refractivity contribution in [3.63, 3.8) is 0 Å². The number of rotatable bonds is 4. The predicted octanol–water partition coefficient (Wildman–Crippen LogP) is 3.78. The first-order valence-electron chi connectivity index (χ1n) is 6.97. The van der Waals surface area contributed by atoms with Gasteiger partial charge < -0.3 is 10.3 Å². The van der Waals surface area contributed by atoms with Crippen molar-refractivity contribution in [3.05, 3.63) is 39.8 Å². The summed E-state index contributed by atoms with van der Waals surface area (Å²) < 4.78 is 3.09. The molecule has 0 amide bonds. The fraction of sp³-hybridized carbons (Fsp3) is 0.438. The van der Waals surface area contributed by atoms with Crippen LogP contribution < -0.4 is 5.73 Å². The second kappa shape index (κ2) is 6.10. The minimum absolute atomic E-state index is 0.514. The second-order valence-electron chi connectivity index (χ2n) is 5.49. The molecule has 0 spiro atoms. The van der Waals surface area contributed by atoms with Crippen molar-refractivity contribution in [3.8, 4) is 11.3 Å². The van der Waals surface area contributed by atoms with Crippen molar-refractivity contribution < 1.29 is 0 Å². The Morgan fingerprint density at radius 2 is 2.05 bits per heavy atom. The number of halogens is 1. The largest absolute Gasteiger partial charge is 0.330 e. The molecule has 0 aliphatic carbocycles. The Morgan fingerprint density at radius 3 is 2.65 bits per heavy atom. The molecule has 0 unspecified atom stereocenters. The van der Waals surface area contributed by atoms with Crippen LogP contribution in [0.4, 0.5) is 0 Å². The van der Waals surface area contributed by atoms with E-state index in [4.69, 9.17) is 10.7 Å². The van der Waals surface area contributed by atoms with Gasteiger partial charge >= 0.3 is 0 Å². The predicted molar refractivity (Wildman–Crippen MR) is 87.9 cm³/mol. The SMILES string of the molecule is Cc1ccc(C(C)C)cc1-c1nc(CCN)n(C)c1Br. The van der Waals surface area contributed by atoms with Gasteiger partial charge in [-0.3, -0.25) is 0 Å². The molecule has 1 aromatic carbocycles. The number of hydrogen-bond donors (Lipinski definition) is 1. The molecule has 2 aromatic rings. The van der Waals surface area contributed by atoms with Gasteiger partial charge in [0.2, 0.25) is 0 Å². The molecule has 3 nitrogen and oxygen atoms in total. The highest BCUT2D eigenvalue weighted by molar-refractivity contribution is 9.10. The Morgan fingerprint density at radius 1 is 1.35 bits per heavy atom. The quantitative estimate of drug-likeness (QED) is 0.923. The van der Waals surface area contributed by atoms with Gasteiger partial charge in [0.1, 0.15) is 16.1 Å². The summed E-state index contributed by atoms with van der Waals surface area (Å²) in [6, 6.07) is 6.62. The molecule has 0 aliphatic rings. The maximum Gasteiger partial charge on any atom is 0.112 e. The molecule has 0 aliphatic heterocycles. The van der Waals surface area contributed by atoms with E-state index in [9.17, 15) is 0 Å². The van der Waals surface area contributed by atoms with E-state index in [1.165, 1.54) is 16.7 Å². The molecule has 0 fully saturated rings. The van der Waals surface area contributed by atoms with E-state index in [0.717, 1.165) is 22.5 Å². The molecule has 2 N–H and O–H groups in total. The Bertz CT molecular complexity index is 614. The van der Waals surface area contributed by atoms with Crippen molar-refractivity contribution in [1.82, 2.24) is 9.55 Å². The van der Waals surface area contributed by atoms with Gasteiger partial charge in [-0.05, 0) is 52.5 Å². The zero-order valence-electron chi connectivity index (χ0n) is 12.6. The summed E-state index contributed by atoms with van der Waals surface area (Å²) in [6.45, 7) is 7.16. The van der Waals surface area contributed by atoms with Crippen LogP contribution in [0, 0.1) is 6.92 Å². The van der Waals surface area contributed by atoms with E-state index in [2.05, 4.69) is 59.5 Å². The molecule has 1 aromatic heterocycles. The number of aryl methyl sites for hydroxylation is 1. The minimum Gasteiger partial charge on any atom is -0.330 e. The van der Waals surface area contributed by atoms with Crippen LogP contribution in [0.2, 0.25) is 0 Å². The van der Waals surface area contributed by atoms with Crippen molar-refractivity contribution in [2.24, 2.45) is 12.8 Å². The Kier molecular flexibility index (Phi) is 4.66. The van der Waals surface area contributed by atoms with Crippen LogP contribution in [0.25, 0.3) is 11.3 Å². The Labute approximate surface area is 129 Å². The van der Waals surface area contributed by atoms with E-state index in [-0.39, 0.29) is 0 Å². The average Bonchev–Trinajstić information content (AvgIpc) is 2.68. The number of nitrogens with two attached hydrogens (primary N) is 1. The summed E-state index contributed by atoms with van der Waals surface area (Å²) >= 11 is 3.66. The van der Waals surface area contributed by atoms with Crippen molar-refractivity contribution in [1.29, 1.82) is 0 Å². The Balaban J connectivity index is 2.56. The van der Waals surface area contributed by atoms with Gasteiger partial charge in [0.25, 0.3) is 0 Å². The molecule has 0 saturated heterocycles. The summed E-state index contributed by atoms with van der Waals surface area (Å²) in [5.41, 5.74) is 10.4. The molecule has 2 rings (SSSR count). The van der Waals surface area contributed by atoms with Crippen molar-refractivity contribution in [2.75, 3.05) is 6.54 Å². The second-order valence-corrected chi connectivity index (χ2v) is 6.25. The topological polar surface area (TPSA) is 43.8 Å². The average molecular weight is 336 g/mol. The lowest BCUT2D eigenvalue weighted by Crippen LogP contribution is -2.07. The van der Waals surface area contributed by atoms with Gasteiger partial charge in [-0.15, -0.1) is 0 Å². The normalized spacial score (nSPS) is 11.3. The smallest absolute Gasteiger partial charge is 0.112 e. The van der Waals surface area contributed by atoms with Gasteiger partial charge in [0.05, 0.1) is 0 Å². The lowest BCUT2D eigenvalue weighted by Gasteiger charge is -2.10. The Hall–Kier alpha value is -1.13. The van der Waals surface area contributed by atoms with E-state index in [0.29, 0.717) is 12.5 Å². The number of aromatic nitrogens is 2. The maximum atomic E-state index is 5.65. The van der Waals surface area contributed by atoms with E-state index in [1.807, 2.05) is 7.05 Å². The summed E-state index contributed by atoms with van der Waals surface area (Å²) in [5.74, 6) is 1.53. The molecule has 0 saturated carbocycles. The standard InChI is InChI=1S/C16H22BrN3/c1-10(2)12-6-5-11(3)13(9-12)15-16(17)20(4)14(19-15)7-8-18/h5-6,9-10H,7-8,18H2,1-4H3. The van der Waals surface area contributed by atoms with Gasteiger partial charge in [-0.25, -0.2) is 4.98 Å². The van der Waals surface area contributed by atoms with E-state index >= 15 is 0 Å². The third-order valence-electron chi connectivity index (χ3n) is 3.67. The third-order valence-corrected chi connectivity index (χ3v) is 4.58. The first-order chi connectivity index (χ1) is 9.45. The van der Waals surface area contributed by atoms with Gasteiger partial charge in [0.15, 0.2) is 0 Å². The summed E-state index contributed by atoms with van der Waals surface area (Å²) in [7, 11) is 2.02. The number of nitrogens with zero attached hydrogens (tertiary/aromatic N) is 2. The molecular weight excluding hydrogens is 314 g/mol. The van der Waals surface area contributed by atoms with E-state index in [1.54, 1.807) is 0 Å². The van der Waals surface area contributed by atoms with Crippen LogP contribution in [0.3, 0.4) is 0 Å². The monoisotopic (exact) mass is 335 g/mol. The molecule has 20 heavy (non-hydrogen) atoms. The van der Waals surface area contributed by atoms with Crippen LogP contribution in [-0.2, 0) is 13.5 Å². The molecule has 0 bridgehead atoms. The molecule has 108 valence electrons. The minimum atomic E-state index is 0.514.